The minimum absolute atomic E-state index is 0.00156. The van der Waals surface area contributed by atoms with E-state index in [4.69, 9.17) is 0 Å². The molecule has 1 aliphatic rings. The molecule has 0 spiro atoms. The topological polar surface area (TPSA) is 0 Å². The first-order valence-electron chi connectivity index (χ1n) is 11.1. The number of aryl methyl sites for hydroxylation is 1. The van der Waals surface area contributed by atoms with E-state index in [1.165, 1.54) is 30.3 Å². The Kier molecular flexibility index (Phi) is 6.63. The van der Waals surface area contributed by atoms with Crippen molar-refractivity contribution >= 4 is 0 Å². The fourth-order valence-corrected chi connectivity index (χ4v) is 4.73. The van der Waals surface area contributed by atoms with Crippen LogP contribution >= 0.6 is 0 Å². The third-order valence-corrected chi connectivity index (χ3v) is 6.37. The molecule has 0 aliphatic heterocycles. The standard InChI is InChI=1S/C27H25F5/c1-2-3-4-5-16-12-22(29)25(23(30)13-16)18-8-11-21-19(14-18)15-24(31)26(27(21)32)17-6-9-20(28)10-7-17/h6-7,9-10,12-13,15,18H,2-5,8,11,14H2,1H3. The second kappa shape index (κ2) is 9.43. The van der Waals surface area contributed by atoms with Crippen molar-refractivity contribution in [2.75, 3.05) is 0 Å². The largest absolute Gasteiger partial charge is 0.207 e. The molecule has 0 nitrogen and oxygen atoms in total. The molecule has 0 saturated carbocycles. The Labute approximate surface area is 185 Å². The van der Waals surface area contributed by atoms with Crippen molar-refractivity contribution in [1.29, 1.82) is 0 Å². The van der Waals surface area contributed by atoms with Crippen molar-refractivity contribution < 1.29 is 22.0 Å². The first-order chi connectivity index (χ1) is 15.4. The van der Waals surface area contributed by atoms with Gasteiger partial charge in [-0.1, -0.05) is 31.9 Å². The van der Waals surface area contributed by atoms with E-state index in [0.717, 1.165) is 31.4 Å². The van der Waals surface area contributed by atoms with Crippen molar-refractivity contribution in [1.82, 2.24) is 0 Å². The van der Waals surface area contributed by atoms with Crippen LogP contribution in [0.15, 0.2) is 42.5 Å². The zero-order valence-corrected chi connectivity index (χ0v) is 18.0. The van der Waals surface area contributed by atoms with Gasteiger partial charge in [-0.25, -0.2) is 22.0 Å². The Bertz CT molecular complexity index is 1090. The van der Waals surface area contributed by atoms with Crippen molar-refractivity contribution in [2.24, 2.45) is 0 Å². The van der Waals surface area contributed by atoms with Crippen LogP contribution < -0.4 is 0 Å². The van der Waals surface area contributed by atoms with E-state index in [9.17, 15) is 17.6 Å². The van der Waals surface area contributed by atoms with Gasteiger partial charge in [0.15, 0.2) is 0 Å². The minimum Gasteiger partial charge on any atom is -0.207 e. The van der Waals surface area contributed by atoms with E-state index in [0.29, 0.717) is 29.5 Å². The van der Waals surface area contributed by atoms with E-state index >= 15 is 4.39 Å². The normalized spacial score (nSPS) is 15.6. The Balaban J connectivity index is 1.63. The van der Waals surface area contributed by atoms with Crippen molar-refractivity contribution in [3.63, 3.8) is 0 Å². The highest BCUT2D eigenvalue weighted by Crippen LogP contribution is 2.40. The molecule has 0 radical (unpaired) electrons. The van der Waals surface area contributed by atoms with Crippen molar-refractivity contribution in [2.45, 2.75) is 57.8 Å². The number of rotatable bonds is 6. The molecule has 168 valence electrons. The fourth-order valence-electron chi connectivity index (χ4n) is 4.73. The molecule has 0 bridgehead atoms. The molecule has 5 heteroatoms. The Hall–Kier alpha value is -2.69. The molecule has 0 fully saturated rings. The Morgan fingerprint density at radius 2 is 1.53 bits per heavy atom. The maximum absolute atomic E-state index is 15.2. The molecule has 1 aliphatic carbocycles. The lowest BCUT2D eigenvalue weighted by Crippen LogP contribution is -2.18. The van der Waals surface area contributed by atoms with Crippen LogP contribution in [-0.4, -0.2) is 0 Å². The summed E-state index contributed by atoms with van der Waals surface area (Å²) in [5.74, 6) is -3.60. The predicted octanol–water partition coefficient (Wildman–Crippen LogP) is 8.05. The van der Waals surface area contributed by atoms with Crippen LogP contribution in [0.3, 0.4) is 0 Å². The zero-order chi connectivity index (χ0) is 22.8. The first-order valence-corrected chi connectivity index (χ1v) is 11.1. The van der Waals surface area contributed by atoms with Gasteiger partial charge < -0.3 is 0 Å². The third-order valence-electron chi connectivity index (χ3n) is 6.37. The van der Waals surface area contributed by atoms with Crippen LogP contribution in [0.25, 0.3) is 11.1 Å². The average molecular weight is 444 g/mol. The highest BCUT2D eigenvalue weighted by atomic mass is 19.1. The summed E-state index contributed by atoms with van der Waals surface area (Å²) in [5, 5.41) is 0. The highest BCUT2D eigenvalue weighted by molar-refractivity contribution is 5.67. The highest BCUT2D eigenvalue weighted by Gasteiger charge is 2.29. The third kappa shape index (κ3) is 4.43. The summed E-state index contributed by atoms with van der Waals surface area (Å²) in [5.41, 5.74) is 1.47. The number of halogens is 5. The molecule has 1 atom stereocenters. The van der Waals surface area contributed by atoms with E-state index in [-0.39, 0.29) is 29.5 Å². The van der Waals surface area contributed by atoms with E-state index < -0.39 is 35.0 Å². The molecule has 0 N–H and O–H groups in total. The van der Waals surface area contributed by atoms with E-state index in [2.05, 4.69) is 6.92 Å². The summed E-state index contributed by atoms with van der Waals surface area (Å²) in [7, 11) is 0. The van der Waals surface area contributed by atoms with Crippen LogP contribution in [0, 0.1) is 29.1 Å². The SMILES string of the molecule is CCCCCc1cc(F)c(C2CCc3c(cc(F)c(-c4ccc(F)cc4)c3F)C2)c(F)c1. The average Bonchev–Trinajstić information content (AvgIpc) is 2.74. The molecule has 1 unspecified atom stereocenters. The number of fused-ring (bicyclic) bond motifs is 1. The van der Waals surface area contributed by atoms with Crippen LogP contribution in [-0.2, 0) is 19.3 Å². The molecule has 0 heterocycles. The summed E-state index contributed by atoms with van der Waals surface area (Å²) in [6.07, 6.45) is 4.30. The maximum Gasteiger partial charge on any atom is 0.137 e. The molecule has 0 amide bonds. The number of unbranched alkanes of at least 4 members (excludes halogenated alkanes) is 2. The van der Waals surface area contributed by atoms with Gasteiger partial charge in [0.25, 0.3) is 0 Å². The van der Waals surface area contributed by atoms with E-state index in [1.807, 2.05) is 0 Å². The maximum atomic E-state index is 15.2. The van der Waals surface area contributed by atoms with Gasteiger partial charge in [-0.15, -0.1) is 0 Å². The molecule has 3 aromatic rings. The summed E-state index contributed by atoms with van der Waals surface area (Å²) in [6.45, 7) is 2.07. The van der Waals surface area contributed by atoms with Crippen LogP contribution in [0.5, 0.6) is 0 Å². The number of hydrogen-bond donors (Lipinski definition) is 0. The minimum atomic E-state index is -0.763. The first kappa shape index (κ1) is 22.5. The zero-order valence-electron chi connectivity index (χ0n) is 18.0. The smallest absolute Gasteiger partial charge is 0.137 e. The monoisotopic (exact) mass is 444 g/mol. The Morgan fingerprint density at radius 1 is 0.844 bits per heavy atom. The van der Waals surface area contributed by atoms with Crippen LogP contribution in [0.1, 0.15) is 60.8 Å². The van der Waals surface area contributed by atoms with Crippen LogP contribution in [0.2, 0.25) is 0 Å². The molecule has 32 heavy (non-hydrogen) atoms. The van der Waals surface area contributed by atoms with Gasteiger partial charge in [-0.2, -0.15) is 0 Å². The lowest BCUT2D eigenvalue weighted by Gasteiger charge is -2.27. The van der Waals surface area contributed by atoms with Gasteiger partial charge in [0, 0.05) is 5.56 Å². The Morgan fingerprint density at radius 3 is 2.19 bits per heavy atom. The number of benzene rings is 3. The lowest BCUT2D eigenvalue weighted by molar-refractivity contribution is 0.477. The molecule has 4 rings (SSSR count). The fraction of sp³-hybridized carbons (Fsp3) is 0.333. The van der Waals surface area contributed by atoms with Gasteiger partial charge in [0.2, 0.25) is 0 Å². The summed E-state index contributed by atoms with van der Waals surface area (Å²) < 4.78 is 72.9. The van der Waals surface area contributed by atoms with Crippen molar-refractivity contribution in [3.8, 4) is 11.1 Å². The molecular formula is C27H25F5. The predicted molar refractivity (Wildman–Crippen MR) is 116 cm³/mol. The van der Waals surface area contributed by atoms with Gasteiger partial charge in [0.1, 0.15) is 29.1 Å². The quantitative estimate of drug-likeness (QED) is 0.266. The summed E-state index contributed by atoms with van der Waals surface area (Å²) >= 11 is 0. The molecule has 0 aromatic heterocycles. The second-order valence-electron chi connectivity index (χ2n) is 8.56. The lowest BCUT2D eigenvalue weighted by atomic mass is 9.78. The molecule has 0 saturated heterocycles. The van der Waals surface area contributed by atoms with Gasteiger partial charge in [-0.3, -0.25) is 0 Å². The van der Waals surface area contributed by atoms with Crippen molar-refractivity contribution in [3.05, 3.63) is 93.8 Å². The van der Waals surface area contributed by atoms with Gasteiger partial charge in [0.05, 0.1) is 5.56 Å². The van der Waals surface area contributed by atoms with E-state index in [1.54, 1.807) is 0 Å². The second-order valence-corrected chi connectivity index (χ2v) is 8.56. The summed E-state index contributed by atoms with van der Waals surface area (Å²) in [6, 6.07) is 9.01. The van der Waals surface area contributed by atoms with Crippen LogP contribution in [0.4, 0.5) is 22.0 Å². The number of hydrogen-bond acceptors (Lipinski definition) is 0. The summed E-state index contributed by atoms with van der Waals surface area (Å²) in [4.78, 5) is 0. The van der Waals surface area contributed by atoms with Gasteiger partial charge in [-0.05, 0) is 90.6 Å². The molecule has 3 aromatic carbocycles. The molecular weight excluding hydrogens is 419 g/mol. The van der Waals surface area contributed by atoms with Gasteiger partial charge >= 0.3 is 0 Å².